The maximum absolute atomic E-state index is 12.4. The Hall–Kier alpha value is -2.38. The van der Waals surface area contributed by atoms with Crippen LogP contribution in [0.2, 0.25) is 0 Å². The van der Waals surface area contributed by atoms with E-state index in [1.165, 1.54) is 18.4 Å². The molecule has 26 heavy (non-hydrogen) atoms. The number of aryl methyl sites for hydroxylation is 1. The molecule has 2 heterocycles. The predicted molar refractivity (Wildman–Crippen MR) is 100.0 cm³/mol. The number of carbonyl (C=O) groups excluding carboxylic acids is 2. The van der Waals surface area contributed by atoms with Crippen LogP contribution >= 0.6 is 11.3 Å². The lowest BCUT2D eigenvalue weighted by Crippen LogP contribution is -2.27. The number of amides is 1. The molecule has 0 unspecified atom stereocenters. The molecule has 2 aromatic rings. The van der Waals surface area contributed by atoms with Crippen molar-refractivity contribution in [2.45, 2.75) is 25.9 Å². The summed E-state index contributed by atoms with van der Waals surface area (Å²) in [4.78, 5) is 25.8. The van der Waals surface area contributed by atoms with E-state index in [9.17, 15) is 9.59 Å². The van der Waals surface area contributed by atoms with Gasteiger partial charge in [-0.25, -0.2) is 4.79 Å². The molecule has 1 aliphatic rings. The van der Waals surface area contributed by atoms with E-state index < -0.39 is 12.1 Å². The van der Waals surface area contributed by atoms with E-state index in [1.54, 1.807) is 7.11 Å². The highest BCUT2D eigenvalue weighted by Gasteiger charge is 2.29. The van der Waals surface area contributed by atoms with E-state index in [0.29, 0.717) is 23.6 Å². The van der Waals surface area contributed by atoms with Gasteiger partial charge in [-0.3, -0.25) is 4.79 Å². The third-order valence-electron chi connectivity index (χ3n) is 4.31. The van der Waals surface area contributed by atoms with Gasteiger partial charge < -0.3 is 19.5 Å². The predicted octanol–water partition coefficient (Wildman–Crippen LogP) is 3.64. The van der Waals surface area contributed by atoms with Gasteiger partial charge in [0.15, 0.2) is 0 Å². The lowest BCUT2D eigenvalue weighted by atomic mass is 10.0. The summed E-state index contributed by atoms with van der Waals surface area (Å²) < 4.78 is 15.6. The maximum Gasteiger partial charge on any atom is 0.341 e. The van der Waals surface area contributed by atoms with E-state index in [2.05, 4.69) is 5.32 Å². The topological polar surface area (TPSA) is 73.9 Å². The molecule has 1 amide bonds. The molecule has 3 rings (SSSR count). The van der Waals surface area contributed by atoms with Crippen molar-refractivity contribution in [3.63, 3.8) is 0 Å². The van der Waals surface area contributed by atoms with Crippen molar-refractivity contribution >= 4 is 28.2 Å². The molecular formula is C19H21NO5S. The minimum atomic E-state index is -0.484. The number of methoxy groups -OCH3 is 2. The van der Waals surface area contributed by atoms with Crippen LogP contribution in [0.4, 0.5) is 5.00 Å². The number of carbonyl (C=O) groups is 2. The van der Waals surface area contributed by atoms with Gasteiger partial charge in [0, 0.05) is 17.0 Å². The van der Waals surface area contributed by atoms with Crippen LogP contribution in [-0.2, 0) is 14.3 Å². The Labute approximate surface area is 156 Å². The van der Waals surface area contributed by atoms with Crippen LogP contribution in [0.5, 0.6) is 5.75 Å². The summed E-state index contributed by atoms with van der Waals surface area (Å²) in [6, 6.07) is 7.42. The Morgan fingerprint density at radius 3 is 2.54 bits per heavy atom. The highest BCUT2D eigenvalue weighted by molar-refractivity contribution is 7.17. The Morgan fingerprint density at radius 2 is 1.96 bits per heavy atom. The summed E-state index contributed by atoms with van der Waals surface area (Å²) in [6.07, 6.45) is 1.09. The quantitative estimate of drug-likeness (QED) is 0.808. The zero-order chi connectivity index (χ0) is 18.7. The molecule has 1 N–H and O–H groups in total. The molecule has 0 saturated carbocycles. The second-order valence-corrected chi connectivity index (χ2v) is 7.17. The second-order valence-electron chi connectivity index (χ2n) is 5.95. The lowest BCUT2D eigenvalue weighted by molar-refractivity contribution is -0.124. The Morgan fingerprint density at radius 1 is 1.23 bits per heavy atom. The van der Waals surface area contributed by atoms with Gasteiger partial charge in [0.1, 0.15) is 22.4 Å². The normalized spacial score (nSPS) is 16.3. The summed E-state index contributed by atoms with van der Waals surface area (Å²) >= 11 is 1.36. The van der Waals surface area contributed by atoms with Gasteiger partial charge in [-0.15, -0.1) is 11.3 Å². The van der Waals surface area contributed by atoms with Gasteiger partial charge in [0.25, 0.3) is 5.91 Å². The summed E-state index contributed by atoms with van der Waals surface area (Å²) in [5.74, 6) is 0.0196. The molecule has 0 aliphatic carbocycles. The Bertz CT molecular complexity index is 806. The molecule has 1 aliphatic heterocycles. The first-order chi connectivity index (χ1) is 12.5. The van der Waals surface area contributed by atoms with Crippen molar-refractivity contribution < 1.29 is 23.8 Å². The smallest absolute Gasteiger partial charge is 0.341 e. The van der Waals surface area contributed by atoms with Gasteiger partial charge in [-0.1, -0.05) is 12.1 Å². The third kappa shape index (κ3) is 3.59. The molecular weight excluding hydrogens is 354 g/mol. The average Bonchev–Trinajstić information content (AvgIpc) is 3.29. The molecule has 7 heteroatoms. The lowest BCUT2D eigenvalue weighted by Gasteiger charge is -2.11. The van der Waals surface area contributed by atoms with Crippen LogP contribution < -0.4 is 10.1 Å². The molecule has 1 aromatic heterocycles. The van der Waals surface area contributed by atoms with E-state index in [-0.39, 0.29) is 5.91 Å². The van der Waals surface area contributed by atoms with Crippen molar-refractivity contribution in [2.75, 3.05) is 26.1 Å². The number of ether oxygens (including phenoxy) is 3. The van der Waals surface area contributed by atoms with Gasteiger partial charge in [0.05, 0.1) is 14.2 Å². The molecule has 1 atom stereocenters. The molecule has 1 saturated heterocycles. The average molecular weight is 375 g/mol. The third-order valence-corrected chi connectivity index (χ3v) is 5.33. The minimum absolute atomic E-state index is 0.227. The molecule has 0 radical (unpaired) electrons. The second kappa shape index (κ2) is 7.88. The highest BCUT2D eigenvalue weighted by atomic mass is 32.1. The summed E-state index contributed by atoms with van der Waals surface area (Å²) in [6.45, 7) is 2.50. The van der Waals surface area contributed by atoms with Gasteiger partial charge in [0.2, 0.25) is 0 Å². The van der Waals surface area contributed by atoms with Crippen molar-refractivity contribution in [1.29, 1.82) is 0 Å². The number of hydrogen-bond acceptors (Lipinski definition) is 6. The zero-order valence-electron chi connectivity index (χ0n) is 15.0. The van der Waals surface area contributed by atoms with E-state index >= 15 is 0 Å². The molecule has 138 valence electrons. The van der Waals surface area contributed by atoms with Crippen molar-refractivity contribution in [2.24, 2.45) is 0 Å². The van der Waals surface area contributed by atoms with Crippen LogP contribution in [0.3, 0.4) is 0 Å². The molecule has 1 fully saturated rings. The number of hydrogen-bond donors (Lipinski definition) is 1. The SMILES string of the molecule is COC(=O)c1c(NC(=O)[C@H]2CCCO2)sc(C)c1-c1ccc(OC)cc1. The Kier molecular flexibility index (Phi) is 5.58. The van der Waals surface area contributed by atoms with E-state index in [0.717, 1.165) is 28.2 Å². The summed E-state index contributed by atoms with van der Waals surface area (Å²) in [5, 5.41) is 3.34. The fourth-order valence-electron chi connectivity index (χ4n) is 3.01. The number of rotatable bonds is 5. The number of nitrogens with one attached hydrogen (secondary N) is 1. The monoisotopic (exact) mass is 375 g/mol. The van der Waals surface area contributed by atoms with E-state index in [4.69, 9.17) is 14.2 Å². The molecule has 0 bridgehead atoms. The molecule has 0 spiro atoms. The van der Waals surface area contributed by atoms with Crippen molar-refractivity contribution in [3.8, 4) is 16.9 Å². The number of thiophene rings is 1. The fourth-order valence-corrected chi connectivity index (χ4v) is 4.08. The Balaban J connectivity index is 1.99. The number of benzene rings is 1. The van der Waals surface area contributed by atoms with Crippen LogP contribution in [-0.4, -0.2) is 38.8 Å². The van der Waals surface area contributed by atoms with Crippen LogP contribution in [0, 0.1) is 6.92 Å². The summed E-state index contributed by atoms with van der Waals surface area (Å²) in [7, 11) is 2.93. The van der Waals surface area contributed by atoms with Crippen molar-refractivity contribution in [1.82, 2.24) is 0 Å². The van der Waals surface area contributed by atoms with Gasteiger partial charge in [-0.05, 0) is 37.5 Å². The van der Waals surface area contributed by atoms with Crippen LogP contribution in [0.15, 0.2) is 24.3 Å². The van der Waals surface area contributed by atoms with Gasteiger partial charge in [-0.2, -0.15) is 0 Å². The maximum atomic E-state index is 12.4. The number of esters is 1. The van der Waals surface area contributed by atoms with Crippen LogP contribution in [0.1, 0.15) is 28.1 Å². The first-order valence-electron chi connectivity index (χ1n) is 8.33. The summed E-state index contributed by atoms with van der Waals surface area (Å²) in [5.41, 5.74) is 1.98. The standard InChI is InChI=1S/C19H21NO5S/c1-11-15(12-6-8-13(23-2)9-7-12)16(19(22)24-3)18(26-11)20-17(21)14-5-4-10-25-14/h6-9,14H,4-5,10H2,1-3H3,(H,20,21)/t14-/m1/s1. The number of anilines is 1. The highest BCUT2D eigenvalue weighted by Crippen LogP contribution is 2.41. The first kappa shape index (κ1) is 18.4. The molecule has 6 nitrogen and oxygen atoms in total. The largest absolute Gasteiger partial charge is 0.497 e. The zero-order valence-corrected chi connectivity index (χ0v) is 15.8. The van der Waals surface area contributed by atoms with Crippen molar-refractivity contribution in [3.05, 3.63) is 34.7 Å². The van der Waals surface area contributed by atoms with Gasteiger partial charge >= 0.3 is 5.97 Å². The van der Waals surface area contributed by atoms with Crippen LogP contribution in [0.25, 0.3) is 11.1 Å². The first-order valence-corrected chi connectivity index (χ1v) is 9.15. The minimum Gasteiger partial charge on any atom is -0.497 e. The fraction of sp³-hybridized carbons (Fsp3) is 0.368. The molecule has 1 aromatic carbocycles. The van der Waals surface area contributed by atoms with E-state index in [1.807, 2.05) is 31.2 Å².